The molecule has 0 radical (unpaired) electrons. The van der Waals surface area contributed by atoms with Gasteiger partial charge in [0, 0.05) is 6.42 Å². The lowest BCUT2D eigenvalue weighted by Crippen LogP contribution is -2.45. The summed E-state index contributed by atoms with van der Waals surface area (Å²) in [6.07, 6.45) is 56.6. The van der Waals surface area contributed by atoms with E-state index in [-0.39, 0.29) is 19.1 Å². The summed E-state index contributed by atoms with van der Waals surface area (Å²) in [4.78, 5) is 23.1. The molecule has 340 valence electrons. The summed E-state index contributed by atoms with van der Waals surface area (Å²) < 4.78 is 23.5. The molecule has 0 rings (SSSR count). The lowest BCUT2D eigenvalue weighted by Gasteiger charge is -2.25. The van der Waals surface area contributed by atoms with Crippen molar-refractivity contribution >= 4 is 13.7 Å². The standard InChI is InChI=1S/C50H89N2O6P/c1-6-8-10-12-14-16-18-20-22-23-24-25-26-27-28-29-30-32-34-36-38-40-42-44-50(54)51-48(47-58-59(55,56)57-46-45-52(3,4)5)49(53)43-41-39-37-35-33-31-21-19-17-15-13-11-9-7-2/h8,10,14,16-17,19-20,22,24-25,33,35,41,43,48-49,53H,6-7,9,11-13,15,18,21,23,26-32,34,36-40,42,44-47H2,1-5H3,(H-,51,54,55,56)/p+1/b10-8-,16-14-,19-17+,22-20-,25-24-,35-33+,43-41+. The number of likely N-dealkylation sites (N-methyl/N-ethyl adjacent to an activating group) is 1. The number of rotatable bonds is 41. The van der Waals surface area contributed by atoms with Gasteiger partial charge >= 0.3 is 7.82 Å². The number of carbonyl (C=O) groups is 1. The Morgan fingerprint density at radius 2 is 1.03 bits per heavy atom. The number of aliphatic hydroxyl groups is 1. The second kappa shape index (κ2) is 41.1. The molecule has 0 fully saturated rings. The average Bonchev–Trinajstić information content (AvgIpc) is 3.19. The van der Waals surface area contributed by atoms with E-state index in [1.807, 2.05) is 27.2 Å². The number of phosphoric acid groups is 1. The lowest BCUT2D eigenvalue weighted by molar-refractivity contribution is -0.870. The van der Waals surface area contributed by atoms with Crippen LogP contribution in [-0.4, -0.2) is 73.4 Å². The fraction of sp³-hybridized carbons (Fsp3) is 0.700. The van der Waals surface area contributed by atoms with Crippen LogP contribution in [-0.2, 0) is 18.4 Å². The smallest absolute Gasteiger partial charge is 0.387 e. The van der Waals surface area contributed by atoms with Crippen molar-refractivity contribution in [2.45, 2.75) is 187 Å². The van der Waals surface area contributed by atoms with Gasteiger partial charge in [0.05, 0.1) is 39.9 Å². The molecule has 59 heavy (non-hydrogen) atoms. The number of allylic oxidation sites excluding steroid dienone is 13. The van der Waals surface area contributed by atoms with Crippen molar-refractivity contribution in [1.82, 2.24) is 5.32 Å². The van der Waals surface area contributed by atoms with Gasteiger partial charge in [-0.1, -0.05) is 170 Å². The maximum Gasteiger partial charge on any atom is 0.472 e. The van der Waals surface area contributed by atoms with Crippen LogP contribution in [0.25, 0.3) is 0 Å². The molecular weight excluding hydrogens is 756 g/mol. The van der Waals surface area contributed by atoms with Crippen molar-refractivity contribution in [3.8, 4) is 0 Å². The molecule has 9 heteroatoms. The topological polar surface area (TPSA) is 105 Å². The van der Waals surface area contributed by atoms with Crippen LogP contribution in [0.15, 0.2) is 85.1 Å². The normalized spacial score (nSPS) is 15.0. The zero-order valence-electron chi connectivity index (χ0n) is 38.5. The predicted octanol–water partition coefficient (Wildman–Crippen LogP) is 13.4. The third-order valence-corrected chi connectivity index (χ3v) is 10.8. The van der Waals surface area contributed by atoms with Crippen LogP contribution in [0.1, 0.15) is 174 Å². The minimum atomic E-state index is -4.36. The zero-order chi connectivity index (χ0) is 43.6. The molecule has 0 spiro atoms. The van der Waals surface area contributed by atoms with Crippen LogP contribution >= 0.6 is 7.82 Å². The fourth-order valence-electron chi connectivity index (χ4n) is 6.12. The van der Waals surface area contributed by atoms with E-state index in [0.717, 1.165) is 77.0 Å². The Morgan fingerprint density at radius 3 is 1.56 bits per heavy atom. The minimum Gasteiger partial charge on any atom is -0.387 e. The van der Waals surface area contributed by atoms with Crippen molar-refractivity contribution in [3.63, 3.8) is 0 Å². The Morgan fingerprint density at radius 1 is 0.593 bits per heavy atom. The van der Waals surface area contributed by atoms with E-state index in [2.05, 4.69) is 92.1 Å². The van der Waals surface area contributed by atoms with Crippen LogP contribution < -0.4 is 5.32 Å². The highest BCUT2D eigenvalue weighted by Crippen LogP contribution is 2.43. The first-order valence-corrected chi connectivity index (χ1v) is 25.0. The third kappa shape index (κ3) is 43.6. The number of amides is 1. The van der Waals surface area contributed by atoms with E-state index in [1.54, 1.807) is 6.08 Å². The van der Waals surface area contributed by atoms with Gasteiger partial charge in [-0.2, -0.15) is 0 Å². The van der Waals surface area contributed by atoms with Gasteiger partial charge in [-0.15, -0.1) is 0 Å². The molecule has 0 saturated heterocycles. The number of hydrogen-bond acceptors (Lipinski definition) is 5. The number of nitrogens with one attached hydrogen (secondary N) is 1. The quantitative estimate of drug-likeness (QED) is 0.0245. The van der Waals surface area contributed by atoms with E-state index < -0.39 is 20.0 Å². The summed E-state index contributed by atoms with van der Waals surface area (Å²) in [5.74, 6) is -0.201. The van der Waals surface area contributed by atoms with Crippen LogP contribution in [0, 0.1) is 0 Å². The lowest BCUT2D eigenvalue weighted by atomic mass is 10.0. The molecule has 8 nitrogen and oxygen atoms in total. The Hall–Kier alpha value is -2.32. The summed E-state index contributed by atoms with van der Waals surface area (Å²) in [6, 6.07) is -0.876. The predicted molar refractivity (Wildman–Crippen MR) is 253 cm³/mol. The summed E-state index contributed by atoms with van der Waals surface area (Å²) in [6.45, 7) is 4.63. The SMILES string of the molecule is CC/C=C\C/C=C\C/C=C\C/C=C\CCCCCCCCCCCCC(=O)NC(COP(=O)(O)OCC[N+](C)(C)C)C(O)/C=C/CC/C=C/CC/C=C/CCCCCC. The monoisotopic (exact) mass is 846 g/mol. The molecule has 0 aromatic heterocycles. The largest absolute Gasteiger partial charge is 0.472 e. The van der Waals surface area contributed by atoms with Gasteiger partial charge < -0.3 is 19.8 Å². The molecule has 0 aliphatic carbocycles. The molecule has 0 saturated carbocycles. The number of quaternary nitrogens is 1. The minimum absolute atomic E-state index is 0.0485. The highest BCUT2D eigenvalue weighted by atomic mass is 31.2. The van der Waals surface area contributed by atoms with Crippen molar-refractivity contribution < 1.29 is 32.9 Å². The van der Waals surface area contributed by atoms with Gasteiger partial charge in [-0.25, -0.2) is 4.57 Å². The van der Waals surface area contributed by atoms with Gasteiger partial charge in [0.1, 0.15) is 13.2 Å². The molecule has 0 aliphatic heterocycles. The van der Waals surface area contributed by atoms with E-state index >= 15 is 0 Å². The number of carbonyl (C=O) groups excluding carboxylic acids is 1. The highest BCUT2D eigenvalue weighted by molar-refractivity contribution is 7.47. The molecule has 3 unspecified atom stereocenters. The maximum absolute atomic E-state index is 12.9. The Labute approximate surface area is 363 Å². The molecule has 3 N–H and O–H groups in total. The number of nitrogens with zero attached hydrogens (tertiary/aromatic N) is 1. The summed E-state index contributed by atoms with van der Waals surface area (Å²) in [7, 11) is 1.53. The first kappa shape index (κ1) is 56.7. The fourth-order valence-corrected chi connectivity index (χ4v) is 6.86. The Balaban J connectivity index is 4.39. The van der Waals surface area contributed by atoms with E-state index in [0.29, 0.717) is 17.4 Å². The molecule has 1 amide bonds. The first-order valence-electron chi connectivity index (χ1n) is 23.5. The Kier molecular flexibility index (Phi) is 39.4. The molecule has 0 heterocycles. The van der Waals surface area contributed by atoms with E-state index in [1.165, 1.54) is 77.0 Å². The highest BCUT2D eigenvalue weighted by Gasteiger charge is 2.27. The number of phosphoric ester groups is 1. The molecule has 0 bridgehead atoms. The van der Waals surface area contributed by atoms with E-state index in [4.69, 9.17) is 9.05 Å². The number of aliphatic hydroxyl groups excluding tert-OH is 1. The van der Waals surface area contributed by atoms with Gasteiger partial charge in [0.2, 0.25) is 5.91 Å². The summed E-state index contributed by atoms with van der Waals surface area (Å²) in [5.41, 5.74) is 0. The first-order chi connectivity index (χ1) is 28.5. The number of hydrogen-bond donors (Lipinski definition) is 3. The van der Waals surface area contributed by atoms with Crippen LogP contribution in [0.2, 0.25) is 0 Å². The van der Waals surface area contributed by atoms with Crippen molar-refractivity contribution in [2.24, 2.45) is 0 Å². The van der Waals surface area contributed by atoms with Crippen LogP contribution in [0.5, 0.6) is 0 Å². The summed E-state index contributed by atoms with van der Waals surface area (Å²) in [5, 5.41) is 13.8. The second-order valence-corrected chi connectivity index (χ2v) is 18.2. The van der Waals surface area contributed by atoms with Gasteiger partial charge in [0.25, 0.3) is 0 Å². The van der Waals surface area contributed by atoms with Gasteiger partial charge in [0.15, 0.2) is 0 Å². The van der Waals surface area contributed by atoms with Crippen LogP contribution in [0.3, 0.4) is 0 Å². The van der Waals surface area contributed by atoms with Crippen molar-refractivity contribution in [1.29, 1.82) is 0 Å². The van der Waals surface area contributed by atoms with Crippen molar-refractivity contribution in [2.75, 3.05) is 40.9 Å². The van der Waals surface area contributed by atoms with Gasteiger partial charge in [-0.3, -0.25) is 13.8 Å². The molecule has 3 atom stereocenters. The third-order valence-electron chi connectivity index (χ3n) is 9.83. The molecule has 0 aromatic carbocycles. The number of unbranched alkanes of at least 4 members (excludes halogenated alkanes) is 16. The van der Waals surface area contributed by atoms with E-state index in [9.17, 15) is 19.4 Å². The second-order valence-electron chi connectivity index (χ2n) is 16.7. The zero-order valence-corrected chi connectivity index (χ0v) is 39.4. The average molecular weight is 846 g/mol. The molecule has 0 aromatic rings. The van der Waals surface area contributed by atoms with Crippen molar-refractivity contribution in [3.05, 3.63) is 85.1 Å². The van der Waals surface area contributed by atoms with Gasteiger partial charge in [-0.05, 0) is 83.5 Å². The molecule has 0 aliphatic rings. The van der Waals surface area contributed by atoms with Crippen LogP contribution in [0.4, 0.5) is 0 Å². The molecular formula is C50H90N2O6P+. The Bertz CT molecular complexity index is 1230. The summed E-state index contributed by atoms with van der Waals surface area (Å²) >= 11 is 0. The maximum atomic E-state index is 12.9.